The van der Waals surface area contributed by atoms with Crippen LogP contribution < -0.4 is 5.32 Å². The van der Waals surface area contributed by atoms with Crippen LogP contribution in [0.2, 0.25) is 0 Å². The van der Waals surface area contributed by atoms with E-state index in [1.54, 1.807) is 20.8 Å². The zero-order valence-corrected chi connectivity index (χ0v) is 10.6. The summed E-state index contributed by atoms with van der Waals surface area (Å²) in [5.74, 6) is -4.35. The van der Waals surface area contributed by atoms with Crippen molar-refractivity contribution < 1.29 is 28.2 Å². The van der Waals surface area contributed by atoms with E-state index in [9.17, 15) is 18.4 Å². The van der Waals surface area contributed by atoms with Gasteiger partial charge in [0.15, 0.2) is 5.82 Å². The maximum atomic E-state index is 13.7. The Morgan fingerprint density at radius 2 is 1.84 bits per heavy atom. The SMILES string of the molecule is CC(C)(C)OC(=O)Nc1ccc(F)c(C(=O)O)c1F. The number of carbonyl (C=O) groups excluding carboxylic acids is 1. The van der Waals surface area contributed by atoms with Gasteiger partial charge in [0, 0.05) is 0 Å². The number of nitrogens with one attached hydrogen (secondary N) is 1. The molecule has 1 amide bonds. The Labute approximate surface area is 108 Å². The minimum absolute atomic E-state index is 0.465. The van der Waals surface area contributed by atoms with Crippen molar-refractivity contribution in [2.75, 3.05) is 5.32 Å². The number of carbonyl (C=O) groups is 2. The van der Waals surface area contributed by atoms with Gasteiger partial charge in [-0.3, -0.25) is 5.32 Å². The molecule has 0 aromatic heterocycles. The van der Waals surface area contributed by atoms with Crippen LogP contribution in [-0.2, 0) is 4.74 Å². The molecule has 0 saturated heterocycles. The first-order valence-electron chi connectivity index (χ1n) is 5.33. The molecule has 1 rings (SSSR count). The third-order valence-electron chi connectivity index (χ3n) is 1.94. The van der Waals surface area contributed by atoms with E-state index in [4.69, 9.17) is 9.84 Å². The molecule has 104 valence electrons. The van der Waals surface area contributed by atoms with Gasteiger partial charge in [0.2, 0.25) is 0 Å². The van der Waals surface area contributed by atoms with Gasteiger partial charge < -0.3 is 9.84 Å². The number of halogens is 2. The van der Waals surface area contributed by atoms with Crippen molar-refractivity contribution in [3.8, 4) is 0 Å². The van der Waals surface area contributed by atoms with E-state index in [1.165, 1.54) is 0 Å². The lowest BCUT2D eigenvalue weighted by molar-refractivity contribution is 0.0630. The van der Waals surface area contributed by atoms with Crippen molar-refractivity contribution in [2.45, 2.75) is 26.4 Å². The molecule has 1 aromatic carbocycles. The Morgan fingerprint density at radius 1 is 1.26 bits per heavy atom. The van der Waals surface area contributed by atoms with Gasteiger partial charge >= 0.3 is 12.1 Å². The van der Waals surface area contributed by atoms with Gasteiger partial charge in [-0.25, -0.2) is 18.4 Å². The van der Waals surface area contributed by atoms with Crippen LogP contribution >= 0.6 is 0 Å². The molecule has 0 aliphatic heterocycles. The minimum Gasteiger partial charge on any atom is -0.477 e. The number of aromatic carboxylic acids is 1. The number of benzene rings is 1. The fourth-order valence-corrected chi connectivity index (χ4v) is 1.26. The van der Waals surface area contributed by atoms with E-state index in [2.05, 4.69) is 0 Å². The normalized spacial score (nSPS) is 11.0. The molecular formula is C12H13F2NO4. The van der Waals surface area contributed by atoms with Crippen molar-refractivity contribution in [2.24, 2.45) is 0 Å². The minimum atomic E-state index is -1.76. The summed E-state index contributed by atoms with van der Waals surface area (Å²) in [6.45, 7) is 4.82. The first-order chi connectivity index (χ1) is 8.61. The lowest BCUT2D eigenvalue weighted by atomic mass is 10.1. The first-order valence-corrected chi connectivity index (χ1v) is 5.33. The molecule has 0 saturated carbocycles. The van der Waals surface area contributed by atoms with E-state index >= 15 is 0 Å². The van der Waals surface area contributed by atoms with Gasteiger partial charge in [-0.1, -0.05) is 0 Å². The summed E-state index contributed by atoms with van der Waals surface area (Å²) in [4.78, 5) is 22.1. The van der Waals surface area contributed by atoms with Crippen molar-refractivity contribution in [3.63, 3.8) is 0 Å². The van der Waals surface area contributed by atoms with Crippen molar-refractivity contribution in [1.29, 1.82) is 0 Å². The van der Waals surface area contributed by atoms with Crippen molar-refractivity contribution in [3.05, 3.63) is 29.3 Å². The molecule has 19 heavy (non-hydrogen) atoms. The molecule has 0 heterocycles. The second-order valence-electron chi connectivity index (χ2n) is 4.72. The molecule has 0 atom stereocenters. The Hall–Kier alpha value is -2.18. The molecule has 2 N–H and O–H groups in total. The average Bonchev–Trinajstić information content (AvgIpc) is 2.19. The number of amides is 1. The van der Waals surface area contributed by atoms with Gasteiger partial charge in [0.25, 0.3) is 0 Å². The number of carboxylic acid groups (broad SMARTS) is 1. The average molecular weight is 273 g/mol. The second-order valence-corrected chi connectivity index (χ2v) is 4.72. The Kier molecular flexibility index (Phi) is 4.08. The van der Waals surface area contributed by atoms with Crippen LogP contribution in [0.5, 0.6) is 0 Å². The Morgan fingerprint density at radius 3 is 2.32 bits per heavy atom. The predicted molar refractivity (Wildman–Crippen MR) is 63.2 cm³/mol. The lowest BCUT2D eigenvalue weighted by Crippen LogP contribution is -2.27. The number of carboxylic acids is 1. The molecule has 5 nitrogen and oxygen atoms in total. The summed E-state index contributed by atoms with van der Waals surface area (Å²) in [7, 11) is 0. The number of rotatable bonds is 2. The molecule has 0 spiro atoms. The Bertz CT molecular complexity index is 523. The Balaban J connectivity index is 3.01. The fraction of sp³-hybridized carbons (Fsp3) is 0.333. The zero-order chi connectivity index (χ0) is 14.8. The maximum Gasteiger partial charge on any atom is 0.412 e. The van der Waals surface area contributed by atoms with Crippen LogP contribution in [0.4, 0.5) is 19.3 Å². The topological polar surface area (TPSA) is 75.6 Å². The zero-order valence-electron chi connectivity index (χ0n) is 10.6. The van der Waals surface area contributed by atoms with Gasteiger partial charge in [-0.05, 0) is 32.9 Å². The summed E-state index contributed by atoms with van der Waals surface area (Å²) in [6, 6.07) is 1.67. The van der Waals surface area contributed by atoms with Crippen LogP contribution in [0.3, 0.4) is 0 Å². The van der Waals surface area contributed by atoms with E-state index in [1.807, 2.05) is 5.32 Å². The van der Waals surface area contributed by atoms with E-state index in [0.717, 1.165) is 12.1 Å². The first kappa shape index (κ1) is 14.9. The molecule has 0 fully saturated rings. The smallest absolute Gasteiger partial charge is 0.412 e. The molecule has 7 heteroatoms. The van der Waals surface area contributed by atoms with Crippen molar-refractivity contribution in [1.82, 2.24) is 0 Å². The number of ether oxygens (including phenoxy) is 1. The van der Waals surface area contributed by atoms with E-state index < -0.39 is 40.5 Å². The summed E-state index contributed by atoms with van der Waals surface area (Å²) >= 11 is 0. The highest BCUT2D eigenvalue weighted by Crippen LogP contribution is 2.22. The van der Waals surface area contributed by atoms with E-state index in [0.29, 0.717) is 0 Å². The van der Waals surface area contributed by atoms with E-state index in [-0.39, 0.29) is 0 Å². The lowest BCUT2D eigenvalue weighted by Gasteiger charge is -2.20. The highest BCUT2D eigenvalue weighted by atomic mass is 19.1. The molecule has 0 unspecified atom stereocenters. The van der Waals surface area contributed by atoms with Crippen LogP contribution in [0.15, 0.2) is 12.1 Å². The summed E-state index contributed by atoms with van der Waals surface area (Å²) in [5, 5.41) is 10.7. The molecule has 0 bridgehead atoms. The molecule has 0 aliphatic rings. The highest BCUT2D eigenvalue weighted by Gasteiger charge is 2.22. The number of hydrogen-bond donors (Lipinski definition) is 2. The third kappa shape index (κ3) is 3.90. The molecule has 0 radical (unpaired) electrons. The van der Waals surface area contributed by atoms with Gasteiger partial charge in [-0.15, -0.1) is 0 Å². The summed E-state index contributed by atoms with van der Waals surface area (Å²) in [5.41, 5.74) is -2.39. The molecule has 1 aromatic rings. The summed E-state index contributed by atoms with van der Waals surface area (Å²) < 4.78 is 31.7. The van der Waals surface area contributed by atoms with Crippen LogP contribution in [0.25, 0.3) is 0 Å². The number of anilines is 1. The quantitative estimate of drug-likeness (QED) is 0.868. The van der Waals surface area contributed by atoms with Crippen LogP contribution in [0.1, 0.15) is 31.1 Å². The van der Waals surface area contributed by atoms with Crippen LogP contribution in [-0.4, -0.2) is 22.8 Å². The highest BCUT2D eigenvalue weighted by molar-refractivity contribution is 5.92. The molecule has 0 aliphatic carbocycles. The summed E-state index contributed by atoms with van der Waals surface area (Å²) in [6.07, 6.45) is -0.964. The maximum absolute atomic E-state index is 13.7. The van der Waals surface area contributed by atoms with Gasteiger partial charge in [-0.2, -0.15) is 0 Å². The van der Waals surface area contributed by atoms with Gasteiger partial charge in [0.1, 0.15) is 17.0 Å². The number of hydrogen-bond acceptors (Lipinski definition) is 3. The largest absolute Gasteiger partial charge is 0.477 e. The second kappa shape index (κ2) is 5.21. The molecular weight excluding hydrogens is 260 g/mol. The van der Waals surface area contributed by atoms with Gasteiger partial charge in [0.05, 0.1) is 5.69 Å². The third-order valence-corrected chi connectivity index (χ3v) is 1.94. The van der Waals surface area contributed by atoms with Crippen molar-refractivity contribution >= 4 is 17.7 Å². The monoisotopic (exact) mass is 273 g/mol. The standard InChI is InChI=1S/C12H13F2NO4/c1-12(2,3)19-11(18)15-7-5-4-6(13)8(9(7)14)10(16)17/h4-5H,1-3H3,(H,15,18)(H,16,17). The van der Waals surface area contributed by atoms with Crippen LogP contribution in [0, 0.1) is 11.6 Å². The fourth-order valence-electron chi connectivity index (χ4n) is 1.26. The predicted octanol–water partition coefficient (Wildman–Crippen LogP) is 3.01.